The average Bonchev–Trinajstić information content (AvgIpc) is 3.12. The van der Waals surface area contributed by atoms with Gasteiger partial charge in [0.25, 0.3) is 0 Å². The van der Waals surface area contributed by atoms with Crippen LogP contribution in [0.15, 0.2) is 12.4 Å². The van der Waals surface area contributed by atoms with Crippen molar-refractivity contribution in [2.24, 2.45) is 11.8 Å². The van der Waals surface area contributed by atoms with Gasteiger partial charge in [0.2, 0.25) is 0 Å². The molecule has 2 saturated heterocycles. The number of piperidine rings is 1. The van der Waals surface area contributed by atoms with Gasteiger partial charge in [-0.2, -0.15) is 0 Å². The van der Waals surface area contributed by atoms with Gasteiger partial charge in [-0.3, -0.25) is 0 Å². The zero-order valence-corrected chi connectivity index (χ0v) is 15.2. The fraction of sp³-hybridized carbons (Fsp3) is 0.789. The van der Waals surface area contributed by atoms with Crippen molar-refractivity contribution < 1.29 is 5.11 Å². The fourth-order valence-corrected chi connectivity index (χ4v) is 4.41. The highest BCUT2D eigenvalue weighted by atomic mass is 16.3. The first-order valence-electron chi connectivity index (χ1n) is 9.67. The van der Waals surface area contributed by atoms with Gasteiger partial charge in [-0.25, -0.2) is 9.97 Å². The zero-order valence-electron chi connectivity index (χ0n) is 15.2. The van der Waals surface area contributed by atoms with Gasteiger partial charge in [0.15, 0.2) is 0 Å². The van der Waals surface area contributed by atoms with Crippen molar-refractivity contribution in [2.75, 3.05) is 36.0 Å². The molecule has 0 saturated carbocycles. The molecule has 3 atom stereocenters. The molecule has 3 unspecified atom stereocenters. The Morgan fingerprint density at radius 2 is 2.00 bits per heavy atom. The van der Waals surface area contributed by atoms with Gasteiger partial charge in [0, 0.05) is 38.3 Å². The van der Waals surface area contributed by atoms with E-state index in [4.69, 9.17) is 0 Å². The monoisotopic (exact) mass is 332 g/mol. The third-order valence-electron chi connectivity index (χ3n) is 5.73. The molecule has 1 N–H and O–H groups in total. The maximum Gasteiger partial charge on any atom is 0.134 e. The number of aliphatic hydroxyl groups is 1. The normalized spacial score (nSPS) is 26.0. The average molecular weight is 332 g/mol. The molecule has 5 heteroatoms. The third kappa shape index (κ3) is 3.82. The number of hydrogen-bond acceptors (Lipinski definition) is 5. The van der Waals surface area contributed by atoms with E-state index < -0.39 is 0 Å². The lowest BCUT2D eigenvalue weighted by Crippen LogP contribution is -2.38. The highest BCUT2D eigenvalue weighted by Gasteiger charge is 2.30. The largest absolute Gasteiger partial charge is 0.396 e. The van der Waals surface area contributed by atoms with Gasteiger partial charge in [0.05, 0.1) is 0 Å². The quantitative estimate of drug-likeness (QED) is 0.867. The second-order valence-electron chi connectivity index (χ2n) is 7.54. The van der Waals surface area contributed by atoms with Crippen molar-refractivity contribution in [1.82, 2.24) is 9.97 Å². The summed E-state index contributed by atoms with van der Waals surface area (Å²) >= 11 is 0. The molecule has 3 heterocycles. The van der Waals surface area contributed by atoms with Crippen LogP contribution < -0.4 is 9.80 Å². The van der Waals surface area contributed by atoms with Crippen LogP contribution in [-0.4, -0.2) is 47.4 Å². The van der Waals surface area contributed by atoms with E-state index in [9.17, 15) is 5.11 Å². The Bertz CT molecular complexity index is 524. The molecule has 134 valence electrons. The van der Waals surface area contributed by atoms with E-state index in [1.165, 1.54) is 25.7 Å². The molecular formula is C19H32N4O. The number of aromatic nitrogens is 2. The lowest BCUT2D eigenvalue weighted by Gasteiger charge is -2.34. The molecule has 3 rings (SSSR count). The van der Waals surface area contributed by atoms with Crippen LogP contribution in [0.5, 0.6) is 0 Å². The number of nitrogens with zero attached hydrogens (tertiary/aromatic N) is 4. The van der Waals surface area contributed by atoms with Gasteiger partial charge in [-0.1, -0.05) is 20.3 Å². The van der Waals surface area contributed by atoms with Crippen LogP contribution in [0.1, 0.15) is 52.4 Å². The molecule has 2 aliphatic rings. The molecule has 5 nitrogen and oxygen atoms in total. The molecule has 0 amide bonds. The summed E-state index contributed by atoms with van der Waals surface area (Å²) in [7, 11) is 0. The highest BCUT2D eigenvalue weighted by molar-refractivity contribution is 5.51. The predicted molar refractivity (Wildman–Crippen MR) is 98.5 cm³/mol. The summed E-state index contributed by atoms with van der Waals surface area (Å²) in [4.78, 5) is 13.9. The van der Waals surface area contributed by atoms with Crippen LogP contribution >= 0.6 is 0 Å². The Balaban J connectivity index is 1.75. The van der Waals surface area contributed by atoms with Crippen molar-refractivity contribution in [3.8, 4) is 0 Å². The Morgan fingerprint density at radius 1 is 1.21 bits per heavy atom. The molecule has 0 bridgehead atoms. The van der Waals surface area contributed by atoms with Crippen LogP contribution in [0.4, 0.5) is 11.6 Å². The molecule has 0 radical (unpaired) electrons. The molecule has 2 aliphatic heterocycles. The Labute approximate surface area is 146 Å². The van der Waals surface area contributed by atoms with Gasteiger partial charge < -0.3 is 14.9 Å². The van der Waals surface area contributed by atoms with Crippen LogP contribution in [0.25, 0.3) is 0 Å². The lowest BCUT2D eigenvalue weighted by molar-refractivity contribution is 0.208. The van der Waals surface area contributed by atoms with E-state index in [0.29, 0.717) is 17.9 Å². The van der Waals surface area contributed by atoms with E-state index >= 15 is 0 Å². The summed E-state index contributed by atoms with van der Waals surface area (Å²) in [5.41, 5.74) is 0. The first kappa shape index (κ1) is 17.5. The maximum atomic E-state index is 9.46. The van der Waals surface area contributed by atoms with E-state index in [2.05, 4.69) is 39.7 Å². The standard InChI is InChI=1S/C19H32N4O/c1-3-6-15(2)17-8-5-10-23(17)19-11-18(20-14-21-19)22-9-4-7-16(12-22)13-24/h11,14-17,24H,3-10,12-13H2,1-2H3. The van der Waals surface area contributed by atoms with Crippen molar-refractivity contribution in [3.63, 3.8) is 0 Å². The van der Waals surface area contributed by atoms with Gasteiger partial charge in [-0.05, 0) is 43.9 Å². The van der Waals surface area contributed by atoms with Crippen LogP contribution in [-0.2, 0) is 0 Å². The minimum atomic E-state index is 0.275. The number of anilines is 2. The first-order valence-corrected chi connectivity index (χ1v) is 9.67. The fourth-order valence-electron chi connectivity index (χ4n) is 4.41. The van der Waals surface area contributed by atoms with Crippen LogP contribution in [0, 0.1) is 11.8 Å². The lowest BCUT2D eigenvalue weighted by atomic mass is 9.95. The van der Waals surface area contributed by atoms with Gasteiger partial charge in [-0.15, -0.1) is 0 Å². The van der Waals surface area contributed by atoms with Crippen LogP contribution in [0.3, 0.4) is 0 Å². The van der Waals surface area contributed by atoms with E-state index in [1.807, 2.05) is 0 Å². The molecule has 0 spiro atoms. The third-order valence-corrected chi connectivity index (χ3v) is 5.73. The molecule has 0 aliphatic carbocycles. The Kier molecular flexibility index (Phi) is 5.93. The van der Waals surface area contributed by atoms with Crippen molar-refractivity contribution >= 4 is 11.6 Å². The van der Waals surface area contributed by atoms with E-state index in [0.717, 1.165) is 44.1 Å². The second-order valence-corrected chi connectivity index (χ2v) is 7.54. The number of aliphatic hydroxyl groups excluding tert-OH is 1. The SMILES string of the molecule is CCCC(C)C1CCCN1c1cc(N2CCCC(CO)C2)ncn1. The second kappa shape index (κ2) is 8.15. The Morgan fingerprint density at radius 3 is 2.79 bits per heavy atom. The number of hydrogen-bond donors (Lipinski definition) is 1. The van der Waals surface area contributed by atoms with E-state index in [1.54, 1.807) is 6.33 Å². The van der Waals surface area contributed by atoms with Crippen LogP contribution in [0.2, 0.25) is 0 Å². The summed E-state index contributed by atoms with van der Waals surface area (Å²) in [6.45, 7) is 7.97. The molecule has 2 fully saturated rings. The summed E-state index contributed by atoms with van der Waals surface area (Å²) in [6.07, 6.45) is 9.02. The topological polar surface area (TPSA) is 52.5 Å². The minimum absolute atomic E-state index is 0.275. The van der Waals surface area contributed by atoms with Gasteiger partial charge in [0.1, 0.15) is 18.0 Å². The molecule has 1 aromatic rings. The van der Waals surface area contributed by atoms with Crippen molar-refractivity contribution in [1.29, 1.82) is 0 Å². The molecule has 24 heavy (non-hydrogen) atoms. The maximum absolute atomic E-state index is 9.46. The Hall–Kier alpha value is -1.36. The van der Waals surface area contributed by atoms with E-state index in [-0.39, 0.29) is 6.61 Å². The summed E-state index contributed by atoms with van der Waals surface area (Å²) in [5.74, 6) is 3.19. The summed E-state index contributed by atoms with van der Waals surface area (Å²) < 4.78 is 0. The zero-order chi connectivity index (χ0) is 16.9. The predicted octanol–water partition coefficient (Wildman–Crippen LogP) is 3.09. The summed E-state index contributed by atoms with van der Waals surface area (Å²) in [6, 6.07) is 2.77. The van der Waals surface area contributed by atoms with Gasteiger partial charge >= 0.3 is 0 Å². The minimum Gasteiger partial charge on any atom is -0.396 e. The molecule has 1 aromatic heterocycles. The molecular weight excluding hydrogens is 300 g/mol. The molecule has 0 aromatic carbocycles. The smallest absolute Gasteiger partial charge is 0.134 e. The summed E-state index contributed by atoms with van der Waals surface area (Å²) in [5, 5.41) is 9.46. The first-order chi connectivity index (χ1) is 11.7. The van der Waals surface area contributed by atoms with Crippen molar-refractivity contribution in [2.45, 2.75) is 58.4 Å². The van der Waals surface area contributed by atoms with Crippen molar-refractivity contribution in [3.05, 3.63) is 12.4 Å². The number of rotatable bonds is 6. The highest BCUT2D eigenvalue weighted by Crippen LogP contribution is 2.32.